The fourth-order valence-electron chi connectivity index (χ4n) is 5.14. The minimum atomic E-state index is -0.346. The van der Waals surface area contributed by atoms with Crippen molar-refractivity contribution in [3.63, 3.8) is 0 Å². The van der Waals surface area contributed by atoms with Crippen molar-refractivity contribution in [3.05, 3.63) is 52.0 Å². The molecule has 2 aromatic rings. The lowest BCUT2D eigenvalue weighted by molar-refractivity contribution is -0.145. The largest absolute Gasteiger partial charge is 0.491 e. The van der Waals surface area contributed by atoms with E-state index in [1.54, 1.807) is 23.5 Å². The average Bonchev–Trinajstić information content (AvgIpc) is 3.26. The van der Waals surface area contributed by atoms with E-state index in [1.807, 2.05) is 9.80 Å². The zero-order valence-electron chi connectivity index (χ0n) is 18.9. The minimum absolute atomic E-state index is 0.0216. The van der Waals surface area contributed by atoms with E-state index in [-0.39, 0.29) is 42.7 Å². The summed E-state index contributed by atoms with van der Waals surface area (Å²) in [6.07, 6.45) is 7.21. The van der Waals surface area contributed by atoms with Gasteiger partial charge in [-0.1, -0.05) is 18.9 Å². The van der Waals surface area contributed by atoms with Crippen molar-refractivity contribution < 1.29 is 18.7 Å². The van der Waals surface area contributed by atoms with Crippen LogP contribution in [0.2, 0.25) is 0 Å². The van der Waals surface area contributed by atoms with Crippen LogP contribution in [0.5, 0.6) is 5.75 Å². The molecule has 7 heteroatoms. The lowest BCUT2D eigenvalue weighted by Crippen LogP contribution is -2.49. The molecule has 1 aromatic carbocycles. The van der Waals surface area contributed by atoms with Gasteiger partial charge in [-0.2, -0.15) is 0 Å². The monoisotopic (exact) mass is 470 g/mol. The molecule has 1 aromatic heterocycles. The molecule has 0 N–H and O–H groups in total. The van der Waals surface area contributed by atoms with Gasteiger partial charge in [0.25, 0.3) is 0 Å². The van der Waals surface area contributed by atoms with E-state index in [9.17, 15) is 14.0 Å². The maximum absolute atomic E-state index is 13.6. The third-order valence-electron chi connectivity index (χ3n) is 7.14. The van der Waals surface area contributed by atoms with Crippen LogP contribution in [0.4, 0.5) is 4.39 Å². The summed E-state index contributed by atoms with van der Waals surface area (Å²) in [5.41, 5.74) is 1.10. The molecule has 0 spiro atoms. The Bertz CT molecular complexity index is 999. The number of benzene rings is 1. The highest BCUT2D eigenvalue weighted by molar-refractivity contribution is 7.10. The van der Waals surface area contributed by atoms with E-state index < -0.39 is 0 Å². The first-order chi connectivity index (χ1) is 16.1. The molecule has 0 saturated heterocycles. The molecule has 0 bridgehead atoms. The van der Waals surface area contributed by atoms with Gasteiger partial charge in [-0.15, -0.1) is 11.3 Å². The van der Waals surface area contributed by atoms with Gasteiger partial charge < -0.3 is 14.5 Å². The molecule has 2 saturated carbocycles. The van der Waals surface area contributed by atoms with Crippen molar-refractivity contribution in [3.8, 4) is 5.75 Å². The van der Waals surface area contributed by atoms with Crippen LogP contribution in [0.3, 0.4) is 0 Å². The highest BCUT2D eigenvalue weighted by Gasteiger charge is 2.36. The Morgan fingerprint density at radius 3 is 2.73 bits per heavy atom. The van der Waals surface area contributed by atoms with Crippen molar-refractivity contribution in [2.24, 2.45) is 11.8 Å². The van der Waals surface area contributed by atoms with E-state index in [1.165, 1.54) is 17.0 Å². The van der Waals surface area contributed by atoms with Gasteiger partial charge in [-0.3, -0.25) is 9.59 Å². The van der Waals surface area contributed by atoms with E-state index in [2.05, 4.69) is 11.4 Å². The Morgan fingerprint density at radius 2 is 1.97 bits per heavy atom. The number of rotatable bonds is 8. The number of fused-ring (bicyclic) bond motifs is 1. The summed E-state index contributed by atoms with van der Waals surface area (Å²) in [6, 6.07) is 7.92. The van der Waals surface area contributed by atoms with Crippen LogP contribution >= 0.6 is 11.3 Å². The fourth-order valence-corrected chi connectivity index (χ4v) is 6.06. The van der Waals surface area contributed by atoms with Crippen molar-refractivity contribution in [2.75, 3.05) is 26.2 Å². The molecule has 2 fully saturated rings. The van der Waals surface area contributed by atoms with Gasteiger partial charge in [0.15, 0.2) is 0 Å². The zero-order chi connectivity index (χ0) is 22.8. The highest BCUT2D eigenvalue weighted by Crippen LogP contribution is 2.35. The first kappa shape index (κ1) is 22.4. The lowest BCUT2D eigenvalue weighted by Gasteiger charge is -2.37. The summed E-state index contributed by atoms with van der Waals surface area (Å²) in [7, 11) is 0. The highest BCUT2D eigenvalue weighted by atomic mass is 32.1. The van der Waals surface area contributed by atoms with Crippen molar-refractivity contribution in [1.82, 2.24) is 9.80 Å². The zero-order valence-corrected chi connectivity index (χ0v) is 19.7. The SMILES string of the molecule is O=C(C1CCCC1)N(CC(=O)N1CCc2sccc2[C@H]1COc1cccc(F)c1)CC1CC1. The second kappa shape index (κ2) is 9.84. The quantitative estimate of drug-likeness (QED) is 0.556. The second-order valence-corrected chi connectivity index (χ2v) is 10.6. The van der Waals surface area contributed by atoms with Gasteiger partial charge in [-0.25, -0.2) is 4.39 Å². The van der Waals surface area contributed by atoms with Gasteiger partial charge in [0.1, 0.15) is 18.2 Å². The summed E-state index contributed by atoms with van der Waals surface area (Å²) in [5.74, 6) is 0.867. The number of thiophene rings is 1. The number of nitrogens with zero attached hydrogens (tertiary/aromatic N) is 2. The lowest BCUT2D eigenvalue weighted by atomic mass is 10.00. The summed E-state index contributed by atoms with van der Waals surface area (Å²) < 4.78 is 19.5. The van der Waals surface area contributed by atoms with E-state index in [0.717, 1.165) is 50.5 Å². The predicted octanol–water partition coefficient (Wildman–Crippen LogP) is 4.82. The molecule has 2 heterocycles. The molecule has 5 nitrogen and oxygen atoms in total. The topological polar surface area (TPSA) is 49.9 Å². The maximum Gasteiger partial charge on any atom is 0.242 e. The van der Waals surface area contributed by atoms with Gasteiger partial charge >= 0.3 is 0 Å². The maximum atomic E-state index is 13.6. The van der Waals surface area contributed by atoms with Crippen LogP contribution in [0.1, 0.15) is 55.0 Å². The summed E-state index contributed by atoms with van der Waals surface area (Å²) in [5, 5.41) is 2.05. The molecule has 1 atom stereocenters. The van der Waals surface area contributed by atoms with Gasteiger partial charge in [0, 0.05) is 30.0 Å². The molecule has 2 amide bonds. The number of hydrogen-bond acceptors (Lipinski definition) is 4. The van der Waals surface area contributed by atoms with Crippen molar-refractivity contribution in [2.45, 2.75) is 51.0 Å². The van der Waals surface area contributed by atoms with Crippen LogP contribution in [-0.2, 0) is 16.0 Å². The number of hydrogen-bond donors (Lipinski definition) is 0. The normalized spacial score (nSPS) is 20.5. The molecular weight excluding hydrogens is 439 g/mol. The van der Waals surface area contributed by atoms with Crippen LogP contribution in [-0.4, -0.2) is 47.9 Å². The van der Waals surface area contributed by atoms with Gasteiger partial charge in [0.05, 0.1) is 12.6 Å². The van der Waals surface area contributed by atoms with Crippen LogP contribution in [0.15, 0.2) is 35.7 Å². The number of amides is 2. The summed E-state index contributed by atoms with van der Waals surface area (Å²) in [4.78, 5) is 31.7. The summed E-state index contributed by atoms with van der Waals surface area (Å²) in [6.45, 7) is 1.71. The molecule has 1 aliphatic heterocycles. The first-order valence-electron chi connectivity index (χ1n) is 12.1. The molecule has 3 aliphatic rings. The summed E-state index contributed by atoms with van der Waals surface area (Å²) >= 11 is 1.70. The molecule has 0 unspecified atom stereocenters. The van der Waals surface area contributed by atoms with E-state index in [0.29, 0.717) is 24.8 Å². The second-order valence-electron chi connectivity index (χ2n) is 9.56. The number of ether oxygens (including phenoxy) is 1. The van der Waals surface area contributed by atoms with Crippen LogP contribution < -0.4 is 4.74 Å². The molecule has 2 aliphatic carbocycles. The minimum Gasteiger partial charge on any atom is -0.491 e. The number of halogens is 1. The Balaban J connectivity index is 1.31. The van der Waals surface area contributed by atoms with E-state index in [4.69, 9.17) is 4.74 Å². The molecule has 5 rings (SSSR count). The Kier molecular flexibility index (Phi) is 6.67. The molecule has 176 valence electrons. The number of carbonyl (C=O) groups is 2. The van der Waals surface area contributed by atoms with Gasteiger partial charge in [0.2, 0.25) is 11.8 Å². The van der Waals surface area contributed by atoms with Crippen LogP contribution in [0, 0.1) is 17.7 Å². The Morgan fingerprint density at radius 1 is 1.15 bits per heavy atom. The fraction of sp³-hybridized carbons (Fsp3) is 0.538. The van der Waals surface area contributed by atoms with Gasteiger partial charge in [-0.05, 0) is 67.2 Å². The third-order valence-corrected chi connectivity index (χ3v) is 8.13. The molecule has 33 heavy (non-hydrogen) atoms. The van der Waals surface area contributed by atoms with Crippen LogP contribution in [0.25, 0.3) is 0 Å². The Labute approximate surface area is 198 Å². The third kappa shape index (κ3) is 5.24. The predicted molar refractivity (Wildman–Crippen MR) is 126 cm³/mol. The standard InChI is InChI=1S/C26H31FN2O3S/c27-20-6-3-7-21(14-20)32-17-23-22-11-13-33-24(22)10-12-29(23)25(30)16-28(15-18-8-9-18)26(31)19-4-1-2-5-19/h3,6-7,11,13-14,18-19,23H,1-2,4-5,8-10,12,15-17H2/t23-/m1/s1. The first-order valence-corrected chi connectivity index (χ1v) is 13.0. The number of carbonyl (C=O) groups excluding carboxylic acids is 2. The Hall–Kier alpha value is -2.41. The smallest absolute Gasteiger partial charge is 0.242 e. The molecule has 0 radical (unpaired) electrons. The van der Waals surface area contributed by atoms with Crippen molar-refractivity contribution in [1.29, 1.82) is 0 Å². The average molecular weight is 471 g/mol. The molecular formula is C26H31FN2O3S. The van der Waals surface area contributed by atoms with Crippen molar-refractivity contribution >= 4 is 23.2 Å². The van der Waals surface area contributed by atoms with E-state index >= 15 is 0 Å².